The number of aryl methyl sites for hydroxylation is 2. The van der Waals surface area contributed by atoms with Crippen molar-refractivity contribution in [3.05, 3.63) is 58.7 Å². The van der Waals surface area contributed by atoms with Crippen LogP contribution in [0.4, 0.5) is 0 Å². The number of nitrogens with two attached hydrogens (primary N) is 1. The van der Waals surface area contributed by atoms with E-state index in [0.717, 1.165) is 22.6 Å². The van der Waals surface area contributed by atoms with Crippen LogP contribution in [0.15, 0.2) is 36.4 Å². The van der Waals surface area contributed by atoms with Gasteiger partial charge in [0, 0.05) is 0 Å². The Hall–Kier alpha value is -2.00. The molecule has 1 heterocycles. The lowest BCUT2D eigenvalue weighted by Crippen LogP contribution is -2.17. The van der Waals surface area contributed by atoms with Gasteiger partial charge in [-0.05, 0) is 42.7 Å². The van der Waals surface area contributed by atoms with E-state index in [1.807, 2.05) is 18.2 Å². The minimum atomic E-state index is -0.147. The predicted octanol–water partition coefficient (Wildman–Crippen LogP) is 3.12. The van der Waals surface area contributed by atoms with Crippen LogP contribution in [0.5, 0.6) is 11.5 Å². The molecule has 0 saturated carbocycles. The maximum Gasteiger partial charge on any atom is 0.161 e. The van der Waals surface area contributed by atoms with Crippen molar-refractivity contribution >= 4 is 0 Å². The molecule has 3 nitrogen and oxygen atoms in total. The molecule has 1 aliphatic rings. The van der Waals surface area contributed by atoms with Gasteiger partial charge in [0.05, 0.1) is 6.04 Å². The third-order valence-corrected chi connectivity index (χ3v) is 3.69. The van der Waals surface area contributed by atoms with Crippen molar-refractivity contribution < 1.29 is 9.47 Å². The highest BCUT2D eigenvalue weighted by atomic mass is 16.6. The summed E-state index contributed by atoms with van der Waals surface area (Å²) in [5, 5.41) is 0. The Balaban J connectivity index is 1.95. The van der Waals surface area contributed by atoms with E-state index < -0.39 is 0 Å². The first-order valence-corrected chi connectivity index (χ1v) is 6.87. The Bertz CT molecular complexity index is 637. The fourth-order valence-corrected chi connectivity index (χ4v) is 2.61. The molecule has 104 valence electrons. The summed E-state index contributed by atoms with van der Waals surface area (Å²) < 4.78 is 11.2. The van der Waals surface area contributed by atoms with E-state index in [1.54, 1.807) is 0 Å². The summed E-state index contributed by atoms with van der Waals surface area (Å²) in [6.07, 6.45) is 0. The van der Waals surface area contributed by atoms with Crippen molar-refractivity contribution in [3.63, 3.8) is 0 Å². The summed E-state index contributed by atoms with van der Waals surface area (Å²) in [7, 11) is 0. The van der Waals surface area contributed by atoms with Crippen molar-refractivity contribution in [1.82, 2.24) is 0 Å². The number of hydrogen-bond acceptors (Lipinski definition) is 3. The van der Waals surface area contributed by atoms with Crippen molar-refractivity contribution in [2.45, 2.75) is 19.9 Å². The van der Waals surface area contributed by atoms with Crippen molar-refractivity contribution in [3.8, 4) is 11.5 Å². The Morgan fingerprint density at radius 3 is 2.45 bits per heavy atom. The van der Waals surface area contributed by atoms with Gasteiger partial charge in [0.25, 0.3) is 0 Å². The zero-order valence-corrected chi connectivity index (χ0v) is 11.8. The lowest BCUT2D eigenvalue weighted by Gasteiger charge is -2.21. The molecule has 2 aromatic rings. The lowest BCUT2D eigenvalue weighted by molar-refractivity contribution is 0.171. The van der Waals surface area contributed by atoms with Gasteiger partial charge in [-0.1, -0.05) is 29.8 Å². The molecule has 0 spiro atoms. The quantitative estimate of drug-likeness (QED) is 0.911. The highest BCUT2D eigenvalue weighted by Crippen LogP contribution is 2.34. The molecule has 1 atom stereocenters. The minimum absolute atomic E-state index is 0.147. The second-order valence-corrected chi connectivity index (χ2v) is 5.24. The van der Waals surface area contributed by atoms with Gasteiger partial charge in [-0.2, -0.15) is 0 Å². The van der Waals surface area contributed by atoms with Gasteiger partial charge in [0.2, 0.25) is 0 Å². The number of ether oxygens (including phenoxy) is 2. The van der Waals surface area contributed by atoms with E-state index >= 15 is 0 Å². The van der Waals surface area contributed by atoms with Gasteiger partial charge in [-0.15, -0.1) is 0 Å². The Kier molecular flexibility index (Phi) is 3.36. The van der Waals surface area contributed by atoms with Crippen LogP contribution in [0.25, 0.3) is 0 Å². The van der Waals surface area contributed by atoms with Crippen LogP contribution in [0.2, 0.25) is 0 Å². The fourth-order valence-electron chi connectivity index (χ4n) is 2.61. The molecular weight excluding hydrogens is 250 g/mol. The first-order valence-electron chi connectivity index (χ1n) is 6.87. The fraction of sp³-hybridized carbons (Fsp3) is 0.294. The topological polar surface area (TPSA) is 44.5 Å². The Morgan fingerprint density at radius 1 is 0.950 bits per heavy atom. The second-order valence-electron chi connectivity index (χ2n) is 5.24. The minimum Gasteiger partial charge on any atom is -0.486 e. The van der Waals surface area contributed by atoms with E-state index in [1.165, 1.54) is 11.1 Å². The molecule has 0 saturated heterocycles. The smallest absolute Gasteiger partial charge is 0.161 e. The van der Waals surface area contributed by atoms with Gasteiger partial charge in [-0.25, -0.2) is 0 Å². The molecule has 0 radical (unpaired) electrons. The standard InChI is InChI=1S/C17H19NO2/c1-11-3-5-14(12(2)9-11)17(18)13-4-6-15-16(10-13)20-8-7-19-15/h3-6,9-10,17H,7-8,18H2,1-2H3. The van der Waals surface area contributed by atoms with E-state index in [9.17, 15) is 0 Å². The molecule has 3 rings (SSSR count). The maximum absolute atomic E-state index is 6.40. The van der Waals surface area contributed by atoms with Crippen LogP contribution >= 0.6 is 0 Å². The van der Waals surface area contributed by atoms with Gasteiger partial charge < -0.3 is 15.2 Å². The highest BCUT2D eigenvalue weighted by Gasteiger charge is 2.16. The molecule has 0 fully saturated rings. The molecule has 3 heteroatoms. The van der Waals surface area contributed by atoms with Gasteiger partial charge in [-0.3, -0.25) is 0 Å². The Morgan fingerprint density at radius 2 is 1.70 bits per heavy atom. The van der Waals surface area contributed by atoms with Crippen LogP contribution in [0.1, 0.15) is 28.3 Å². The first-order chi connectivity index (χ1) is 9.65. The van der Waals surface area contributed by atoms with Gasteiger partial charge in [0.1, 0.15) is 13.2 Å². The molecule has 1 aliphatic heterocycles. The highest BCUT2D eigenvalue weighted by molar-refractivity contribution is 5.47. The molecule has 1 unspecified atom stereocenters. The molecule has 2 aromatic carbocycles. The summed E-state index contributed by atoms with van der Waals surface area (Å²) in [5.41, 5.74) is 11.1. The van der Waals surface area contributed by atoms with Crippen LogP contribution in [-0.4, -0.2) is 13.2 Å². The first kappa shape index (κ1) is 13.0. The predicted molar refractivity (Wildman–Crippen MR) is 79.4 cm³/mol. The number of hydrogen-bond donors (Lipinski definition) is 1. The van der Waals surface area contributed by atoms with Gasteiger partial charge >= 0.3 is 0 Å². The average molecular weight is 269 g/mol. The number of benzene rings is 2. The summed E-state index contributed by atoms with van der Waals surface area (Å²) in [5.74, 6) is 1.58. The summed E-state index contributed by atoms with van der Waals surface area (Å²) >= 11 is 0. The number of rotatable bonds is 2. The zero-order valence-electron chi connectivity index (χ0n) is 11.8. The second kappa shape index (κ2) is 5.17. The number of fused-ring (bicyclic) bond motifs is 1. The summed E-state index contributed by atoms with van der Waals surface area (Å²) in [6.45, 7) is 5.39. The molecule has 0 amide bonds. The molecule has 0 aromatic heterocycles. The molecular formula is C17H19NO2. The van der Waals surface area contributed by atoms with Crippen molar-refractivity contribution in [2.75, 3.05) is 13.2 Å². The summed E-state index contributed by atoms with van der Waals surface area (Å²) in [6, 6.07) is 12.1. The summed E-state index contributed by atoms with van der Waals surface area (Å²) in [4.78, 5) is 0. The largest absolute Gasteiger partial charge is 0.486 e. The van der Waals surface area contributed by atoms with E-state index in [0.29, 0.717) is 13.2 Å². The SMILES string of the molecule is Cc1ccc(C(N)c2ccc3c(c2)OCCO3)c(C)c1. The van der Waals surface area contributed by atoms with Crippen LogP contribution in [0.3, 0.4) is 0 Å². The molecule has 0 bridgehead atoms. The third kappa shape index (κ3) is 2.37. The average Bonchev–Trinajstić information content (AvgIpc) is 2.46. The van der Waals surface area contributed by atoms with E-state index in [2.05, 4.69) is 32.0 Å². The zero-order chi connectivity index (χ0) is 14.1. The third-order valence-electron chi connectivity index (χ3n) is 3.69. The van der Waals surface area contributed by atoms with Crippen LogP contribution in [0, 0.1) is 13.8 Å². The van der Waals surface area contributed by atoms with Gasteiger partial charge in [0.15, 0.2) is 11.5 Å². The lowest BCUT2D eigenvalue weighted by atomic mass is 9.94. The van der Waals surface area contributed by atoms with Crippen molar-refractivity contribution in [2.24, 2.45) is 5.73 Å². The van der Waals surface area contributed by atoms with E-state index in [-0.39, 0.29) is 6.04 Å². The van der Waals surface area contributed by atoms with Crippen LogP contribution in [-0.2, 0) is 0 Å². The normalized spacial score (nSPS) is 14.9. The monoisotopic (exact) mass is 269 g/mol. The Labute approximate surface area is 119 Å². The van der Waals surface area contributed by atoms with Crippen LogP contribution < -0.4 is 15.2 Å². The van der Waals surface area contributed by atoms with Crippen molar-refractivity contribution in [1.29, 1.82) is 0 Å². The van der Waals surface area contributed by atoms with E-state index in [4.69, 9.17) is 15.2 Å². The maximum atomic E-state index is 6.40. The molecule has 20 heavy (non-hydrogen) atoms. The molecule has 2 N–H and O–H groups in total. The molecule has 0 aliphatic carbocycles.